The summed E-state index contributed by atoms with van der Waals surface area (Å²) in [6.07, 6.45) is 9.46. The summed E-state index contributed by atoms with van der Waals surface area (Å²) in [5.41, 5.74) is 0.160. The Bertz CT molecular complexity index is 207. The van der Waals surface area contributed by atoms with Crippen molar-refractivity contribution in [2.45, 2.75) is 70.4 Å². The Morgan fingerprint density at radius 1 is 1.06 bits per heavy atom. The van der Waals surface area contributed by atoms with E-state index in [0.717, 1.165) is 13.2 Å². The molecule has 1 N–H and O–H groups in total. The Labute approximate surface area is 100 Å². The number of nitrogens with one attached hydrogen (secondary N) is 1. The van der Waals surface area contributed by atoms with Crippen LogP contribution in [0.4, 0.5) is 0 Å². The van der Waals surface area contributed by atoms with Crippen molar-refractivity contribution in [3.8, 4) is 0 Å². The van der Waals surface area contributed by atoms with E-state index in [2.05, 4.69) is 19.2 Å². The standard InChI is InChI=1S/C14H27NO/c1-12(2)13-14(16-11-10-15-13)8-6-4-3-5-7-9-14/h12-13,15H,3-11H2,1-2H3. The Kier molecular flexibility index (Phi) is 4.26. The van der Waals surface area contributed by atoms with Gasteiger partial charge in [0.05, 0.1) is 12.2 Å². The van der Waals surface area contributed by atoms with E-state index in [1.54, 1.807) is 0 Å². The average molecular weight is 225 g/mol. The lowest BCUT2D eigenvalue weighted by Crippen LogP contribution is -2.60. The van der Waals surface area contributed by atoms with Crippen molar-refractivity contribution in [2.24, 2.45) is 5.92 Å². The zero-order valence-electron chi connectivity index (χ0n) is 10.9. The molecule has 1 unspecified atom stereocenters. The van der Waals surface area contributed by atoms with E-state index in [4.69, 9.17) is 4.74 Å². The first-order chi connectivity index (χ1) is 7.75. The quantitative estimate of drug-likeness (QED) is 0.740. The lowest BCUT2D eigenvalue weighted by atomic mass is 9.76. The number of hydrogen-bond donors (Lipinski definition) is 1. The van der Waals surface area contributed by atoms with Gasteiger partial charge in [0.2, 0.25) is 0 Å². The van der Waals surface area contributed by atoms with Gasteiger partial charge in [0.25, 0.3) is 0 Å². The van der Waals surface area contributed by atoms with E-state index >= 15 is 0 Å². The van der Waals surface area contributed by atoms with E-state index in [1.807, 2.05) is 0 Å². The predicted octanol–water partition coefficient (Wildman–Crippen LogP) is 3.11. The van der Waals surface area contributed by atoms with Crippen LogP contribution in [0.15, 0.2) is 0 Å². The van der Waals surface area contributed by atoms with Crippen molar-refractivity contribution < 1.29 is 4.74 Å². The van der Waals surface area contributed by atoms with E-state index in [9.17, 15) is 0 Å². The largest absolute Gasteiger partial charge is 0.372 e. The van der Waals surface area contributed by atoms with E-state index in [1.165, 1.54) is 44.9 Å². The summed E-state index contributed by atoms with van der Waals surface area (Å²) in [4.78, 5) is 0. The smallest absolute Gasteiger partial charge is 0.0837 e. The van der Waals surface area contributed by atoms with Gasteiger partial charge in [-0.15, -0.1) is 0 Å². The maximum absolute atomic E-state index is 6.25. The second-order valence-electron chi connectivity index (χ2n) is 5.86. The Hall–Kier alpha value is -0.0800. The molecule has 2 rings (SSSR count). The van der Waals surface area contributed by atoms with Gasteiger partial charge < -0.3 is 10.1 Å². The number of ether oxygens (including phenoxy) is 1. The number of morpholine rings is 1. The molecule has 1 aliphatic heterocycles. The van der Waals surface area contributed by atoms with Crippen LogP contribution in [-0.2, 0) is 4.74 Å². The SMILES string of the molecule is CC(C)C1NCCOC12CCCCCCC2. The molecule has 2 aliphatic rings. The van der Waals surface area contributed by atoms with Gasteiger partial charge >= 0.3 is 0 Å². The summed E-state index contributed by atoms with van der Waals surface area (Å²) in [6, 6.07) is 0.569. The average Bonchev–Trinajstić information content (AvgIpc) is 2.24. The molecule has 0 aromatic carbocycles. The molecule has 0 aromatic heterocycles. The molecule has 1 saturated carbocycles. The van der Waals surface area contributed by atoms with Gasteiger partial charge in [-0.25, -0.2) is 0 Å². The third kappa shape index (κ3) is 2.60. The van der Waals surface area contributed by atoms with Crippen molar-refractivity contribution in [1.82, 2.24) is 5.32 Å². The van der Waals surface area contributed by atoms with Crippen LogP contribution in [0.3, 0.4) is 0 Å². The topological polar surface area (TPSA) is 21.3 Å². The van der Waals surface area contributed by atoms with Crippen molar-refractivity contribution in [2.75, 3.05) is 13.2 Å². The highest BCUT2D eigenvalue weighted by molar-refractivity contribution is 4.97. The molecule has 2 fully saturated rings. The van der Waals surface area contributed by atoms with Gasteiger partial charge in [0, 0.05) is 12.6 Å². The maximum atomic E-state index is 6.25. The van der Waals surface area contributed by atoms with Crippen molar-refractivity contribution >= 4 is 0 Å². The molecule has 0 aromatic rings. The fourth-order valence-electron chi connectivity index (χ4n) is 3.55. The second kappa shape index (κ2) is 5.50. The summed E-state index contributed by atoms with van der Waals surface area (Å²) in [6.45, 7) is 6.59. The normalized spacial score (nSPS) is 31.3. The third-order valence-corrected chi connectivity index (χ3v) is 4.29. The highest BCUT2D eigenvalue weighted by atomic mass is 16.5. The van der Waals surface area contributed by atoms with Crippen LogP contribution >= 0.6 is 0 Å². The van der Waals surface area contributed by atoms with Crippen LogP contribution in [0, 0.1) is 5.92 Å². The van der Waals surface area contributed by atoms with Gasteiger partial charge in [-0.3, -0.25) is 0 Å². The van der Waals surface area contributed by atoms with Gasteiger partial charge in [0.1, 0.15) is 0 Å². The Balaban J connectivity index is 2.09. The molecule has 1 spiro atoms. The molecule has 0 radical (unpaired) electrons. The summed E-state index contributed by atoms with van der Waals surface area (Å²) in [5.74, 6) is 0.680. The van der Waals surface area contributed by atoms with Crippen molar-refractivity contribution in [3.05, 3.63) is 0 Å². The second-order valence-corrected chi connectivity index (χ2v) is 5.86. The van der Waals surface area contributed by atoms with Gasteiger partial charge in [-0.1, -0.05) is 46.0 Å². The lowest BCUT2D eigenvalue weighted by molar-refractivity contribution is -0.121. The third-order valence-electron chi connectivity index (χ3n) is 4.29. The number of hydrogen-bond acceptors (Lipinski definition) is 2. The minimum atomic E-state index is 0.160. The minimum Gasteiger partial charge on any atom is -0.372 e. The molecule has 94 valence electrons. The summed E-state index contributed by atoms with van der Waals surface area (Å²) >= 11 is 0. The van der Waals surface area contributed by atoms with Gasteiger partial charge in [-0.05, 0) is 18.8 Å². The Morgan fingerprint density at radius 3 is 2.31 bits per heavy atom. The molecular formula is C14H27NO. The zero-order chi connectivity index (χ0) is 11.4. The summed E-state index contributed by atoms with van der Waals surface area (Å²) < 4.78 is 6.25. The van der Waals surface area contributed by atoms with E-state index in [-0.39, 0.29) is 5.60 Å². The lowest BCUT2D eigenvalue weighted by Gasteiger charge is -2.47. The first kappa shape index (κ1) is 12.4. The number of rotatable bonds is 1. The summed E-state index contributed by atoms with van der Waals surface area (Å²) in [7, 11) is 0. The first-order valence-electron chi connectivity index (χ1n) is 7.12. The molecule has 0 amide bonds. The maximum Gasteiger partial charge on any atom is 0.0837 e. The van der Waals surface area contributed by atoms with Gasteiger partial charge in [-0.2, -0.15) is 0 Å². The summed E-state index contributed by atoms with van der Waals surface area (Å²) in [5, 5.41) is 3.70. The highest BCUT2D eigenvalue weighted by Gasteiger charge is 2.42. The van der Waals surface area contributed by atoms with Crippen LogP contribution in [0.25, 0.3) is 0 Å². The highest BCUT2D eigenvalue weighted by Crippen LogP contribution is 2.36. The molecule has 0 bridgehead atoms. The zero-order valence-corrected chi connectivity index (χ0v) is 10.9. The van der Waals surface area contributed by atoms with Crippen LogP contribution in [0.2, 0.25) is 0 Å². The molecule has 1 aliphatic carbocycles. The van der Waals surface area contributed by atoms with Crippen molar-refractivity contribution in [3.63, 3.8) is 0 Å². The van der Waals surface area contributed by atoms with E-state index in [0.29, 0.717) is 12.0 Å². The Morgan fingerprint density at radius 2 is 1.69 bits per heavy atom. The van der Waals surface area contributed by atoms with Crippen LogP contribution in [-0.4, -0.2) is 24.8 Å². The molecule has 16 heavy (non-hydrogen) atoms. The molecule has 1 saturated heterocycles. The molecule has 2 nitrogen and oxygen atoms in total. The van der Waals surface area contributed by atoms with Gasteiger partial charge in [0.15, 0.2) is 0 Å². The molecule has 2 heteroatoms. The molecule has 1 atom stereocenters. The van der Waals surface area contributed by atoms with Crippen LogP contribution < -0.4 is 5.32 Å². The van der Waals surface area contributed by atoms with Crippen LogP contribution in [0.5, 0.6) is 0 Å². The van der Waals surface area contributed by atoms with Crippen LogP contribution in [0.1, 0.15) is 58.8 Å². The fourth-order valence-corrected chi connectivity index (χ4v) is 3.55. The first-order valence-corrected chi connectivity index (χ1v) is 7.12. The minimum absolute atomic E-state index is 0.160. The fraction of sp³-hybridized carbons (Fsp3) is 1.00. The molecule has 1 heterocycles. The van der Waals surface area contributed by atoms with Crippen molar-refractivity contribution in [1.29, 1.82) is 0 Å². The van der Waals surface area contributed by atoms with E-state index < -0.39 is 0 Å². The predicted molar refractivity (Wildman–Crippen MR) is 67.6 cm³/mol. The monoisotopic (exact) mass is 225 g/mol. The molecular weight excluding hydrogens is 198 g/mol.